The number of rotatable bonds is 13. The van der Waals surface area contributed by atoms with E-state index < -0.39 is 80.1 Å². The molecule has 0 spiro atoms. The first-order chi connectivity index (χ1) is 25.7. The third kappa shape index (κ3) is 9.35. The van der Waals surface area contributed by atoms with Crippen molar-refractivity contribution in [3.63, 3.8) is 0 Å². The van der Waals surface area contributed by atoms with Crippen LogP contribution in [0.15, 0.2) is 66.1 Å². The van der Waals surface area contributed by atoms with Crippen LogP contribution in [-0.2, 0) is 29.1 Å². The maximum atomic E-state index is 14.6. The van der Waals surface area contributed by atoms with Crippen LogP contribution in [0.2, 0.25) is 5.02 Å². The number of aromatic nitrogens is 4. The van der Waals surface area contributed by atoms with Crippen LogP contribution < -0.4 is 20.1 Å². The quantitative estimate of drug-likeness (QED) is 0.196. The predicted molar refractivity (Wildman–Crippen MR) is 203 cm³/mol. The molecule has 3 amide bonds. The number of alkyl carbamates (subject to hydrolysis) is 1. The smallest absolute Gasteiger partial charge is 0.408 e. The molecule has 0 saturated heterocycles. The lowest BCUT2D eigenvalue weighted by molar-refractivity contribution is -0.137. The van der Waals surface area contributed by atoms with Crippen molar-refractivity contribution in [3.05, 3.63) is 66.2 Å². The number of benzene rings is 2. The van der Waals surface area contributed by atoms with Crippen molar-refractivity contribution in [2.45, 2.75) is 95.3 Å². The summed E-state index contributed by atoms with van der Waals surface area (Å²) in [7, 11) is -2.77. The van der Waals surface area contributed by atoms with Gasteiger partial charge in [0.1, 0.15) is 16.9 Å². The number of nitrogens with zero attached hydrogens (tertiary/aromatic N) is 4. The largest absolute Gasteiger partial charge is 0.495 e. The lowest BCUT2D eigenvalue weighted by Gasteiger charge is -2.34. The number of methoxy groups -OCH3 is 1. The fourth-order valence-corrected chi connectivity index (χ4v) is 8.26. The third-order valence-electron chi connectivity index (χ3n) is 9.80. The van der Waals surface area contributed by atoms with Gasteiger partial charge in [-0.05, 0) is 93.3 Å². The monoisotopic (exact) mass is 797 g/mol. The molecular weight excluding hydrogens is 750 g/mol. The topological polar surface area (TPSA) is 201 Å². The molecule has 6 atom stereocenters. The van der Waals surface area contributed by atoms with Crippen molar-refractivity contribution in [1.82, 2.24) is 35.6 Å². The van der Waals surface area contributed by atoms with E-state index in [1.807, 2.05) is 0 Å². The van der Waals surface area contributed by atoms with Crippen LogP contribution in [0, 0.1) is 23.2 Å². The molecule has 2 fully saturated rings. The van der Waals surface area contributed by atoms with Crippen molar-refractivity contribution in [1.29, 1.82) is 0 Å². The number of hydrogen-bond acceptors (Lipinski definition) is 11. The van der Waals surface area contributed by atoms with Crippen molar-refractivity contribution >= 4 is 45.3 Å². The van der Waals surface area contributed by atoms with Crippen molar-refractivity contribution in [2.75, 3.05) is 7.11 Å². The molecule has 2 saturated carbocycles. The number of ether oxygens (including phenoxy) is 2. The molecule has 2 aliphatic carbocycles. The molecule has 3 aromatic rings. The Hall–Kier alpha value is -4.83. The second kappa shape index (κ2) is 15.7. The molecule has 15 nitrogen and oxygen atoms in total. The normalized spacial score (nSPS) is 22.9. The fourth-order valence-electron chi connectivity index (χ4n) is 6.95. The van der Waals surface area contributed by atoms with Crippen LogP contribution >= 0.6 is 11.6 Å². The Balaban J connectivity index is 1.47. The Morgan fingerprint density at radius 2 is 1.73 bits per heavy atom. The van der Waals surface area contributed by atoms with E-state index in [2.05, 4.69) is 37.3 Å². The van der Waals surface area contributed by atoms with E-state index >= 15 is 0 Å². The van der Waals surface area contributed by atoms with E-state index in [1.54, 1.807) is 71.9 Å². The number of amides is 3. The van der Waals surface area contributed by atoms with Gasteiger partial charge in [0.05, 0.1) is 29.1 Å². The molecule has 3 N–H and O–H groups in total. The maximum absolute atomic E-state index is 14.6. The van der Waals surface area contributed by atoms with E-state index in [0.717, 1.165) is 0 Å². The van der Waals surface area contributed by atoms with Gasteiger partial charge in [0.15, 0.2) is 5.78 Å². The molecule has 5 rings (SSSR count). The summed E-state index contributed by atoms with van der Waals surface area (Å²) in [6, 6.07) is 10.8. The highest BCUT2D eigenvalue weighted by Crippen LogP contribution is 2.48. The summed E-state index contributed by atoms with van der Waals surface area (Å²) >= 11 is 6.34. The van der Waals surface area contributed by atoms with Crippen LogP contribution in [0.1, 0.15) is 73.3 Å². The van der Waals surface area contributed by atoms with Gasteiger partial charge >= 0.3 is 6.09 Å². The summed E-state index contributed by atoms with van der Waals surface area (Å²) < 4.78 is 39.2. The van der Waals surface area contributed by atoms with E-state index in [9.17, 15) is 27.6 Å². The Bertz CT molecular complexity index is 2060. The number of ketones is 1. The Kier molecular flexibility index (Phi) is 11.8. The molecule has 1 aromatic heterocycles. The van der Waals surface area contributed by atoms with Gasteiger partial charge in [0.25, 0.3) is 15.9 Å². The second-order valence-electron chi connectivity index (χ2n) is 16.1. The number of allylic oxidation sites excluding steroid dienone is 1. The second-order valence-corrected chi connectivity index (χ2v) is 18.2. The molecule has 55 heavy (non-hydrogen) atoms. The standard InChI is InChI=1S/C38H48ClN7O8S/c1-9-13-23-21-38(23,34(49)44-55(51,52)25-14-11-10-12-15-25)41-33(48)27-20-24(46-43-32(42-45-46)22-16-17-29(53-8)28(39)18-22)19-26(27)30(47)31(36(2,3)4)40-35(50)54-37(5,6)7/h9-12,14-18,23-24,26-27,31H,1,13,19-21H2,2-8H3,(H,40,50)(H,41,48)(H,44,49)/t23-,24+,26?,27-,31?,38+/m1/s1. The van der Waals surface area contributed by atoms with Gasteiger partial charge in [0, 0.05) is 17.4 Å². The number of nitrogens with one attached hydrogen (secondary N) is 3. The van der Waals surface area contributed by atoms with Crippen LogP contribution in [0.25, 0.3) is 11.4 Å². The lowest BCUT2D eigenvalue weighted by atomic mass is 9.77. The maximum Gasteiger partial charge on any atom is 0.408 e. The highest BCUT2D eigenvalue weighted by Gasteiger charge is 2.62. The van der Waals surface area contributed by atoms with Gasteiger partial charge in [-0.25, -0.2) is 17.9 Å². The van der Waals surface area contributed by atoms with Crippen LogP contribution in [-0.4, -0.2) is 76.6 Å². The van der Waals surface area contributed by atoms with Crippen molar-refractivity contribution < 1.29 is 37.1 Å². The summed E-state index contributed by atoms with van der Waals surface area (Å²) in [6.45, 7) is 14.2. The number of tetrazole rings is 1. The number of sulfonamides is 1. The molecule has 2 aromatic carbocycles. The molecule has 17 heteroatoms. The van der Waals surface area contributed by atoms with Crippen LogP contribution in [0.3, 0.4) is 0 Å². The van der Waals surface area contributed by atoms with Gasteiger partial charge < -0.3 is 20.1 Å². The first kappa shape index (κ1) is 41.3. The Morgan fingerprint density at radius 3 is 2.33 bits per heavy atom. The van der Waals surface area contributed by atoms with E-state index in [-0.39, 0.29) is 30.0 Å². The zero-order valence-corrected chi connectivity index (χ0v) is 33.5. The average molecular weight is 798 g/mol. The number of carbonyl (C=O) groups is 4. The predicted octanol–water partition coefficient (Wildman–Crippen LogP) is 5.03. The van der Waals surface area contributed by atoms with Gasteiger partial charge in [0.2, 0.25) is 11.7 Å². The molecule has 296 valence electrons. The van der Waals surface area contributed by atoms with Gasteiger partial charge in [-0.15, -0.1) is 16.8 Å². The average Bonchev–Trinajstić information content (AvgIpc) is 3.41. The molecule has 1 heterocycles. The highest BCUT2D eigenvalue weighted by atomic mass is 35.5. The third-order valence-corrected chi connectivity index (χ3v) is 11.4. The molecule has 0 radical (unpaired) electrons. The minimum Gasteiger partial charge on any atom is -0.495 e. The van der Waals surface area contributed by atoms with E-state index in [0.29, 0.717) is 22.8 Å². The fraction of sp³-hybridized carbons (Fsp3) is 0.500. The molecule has 2 aliphatic rings. The van der Waals surface area contributed by atoms with Gasteiger partial charge in [-0.1, -0.05) is 56.6 Å². The minimum absolute atomic E-state index is 0.0663. The van der Waals surface area contributed by atoms with Gasteiger partial charge in [-0.3, -0.25) is 14.4 Å². The molecule has 0 bridgehead atoms. The lowest BCUT2D eigenvalue weighted by Crippen LogP contribution is -2.56. The highest BCUT2D eigenvalue weighted by molar-refractivity contribution is 7.90. The van der Waals surface area contributed by atoms with Crippen molar-refractivity contribution in [3.8, 4) is 17.1 Å². The first-order valence-electron chi connectivity index (χ1n) is 17.9. The zero-order valence-electron chi connectivity index (χ0n) is 32.0. The Morgan fingerprint density at radius 1 is 1.05 bits per heavy atom. The first-order valence-corrected chi connectivity index (χ1v) is 19.8. The summed E-state index contributed by atoms with van der Waals surface area (Å²) in [5.41, 5.74) is -2.66. The SMILES string of the molecule is C=CC[C@@H]1C[C@@]1(NC(=O)[C@@H]1C[C@@H](n2nnc(-c3ccc(OC)c(Cl)c3)n2)CC1C(=O)C(NC(=O)OC(C)(C)C)C(C)(C)C)C(=O)NS(=O)(=O)c1ccccc1. The summed E-state index contributed by atoms with van der Waals surface area (Å²) in [6.07, 6.45) is 1.43. The molecular formula is C38H48ClN7O8S. The van der Waals surface area contributed by atoms with Crippen LogP contribution in [0.5, 0.6) is 5.75 Å². The van der Waals surface area contributed by atoms with Crippen molar-refractivity contribution in [2.24, 2.45) is 23.2 Å². The van der Waals surface area contributed by atoms with Crippen LogP contribution in [0.4, 0.5) is 4.79 Å². The van der Waals surface area contributed by atoms with E-state index in [4.69, 9.17) is 21.1 Å². The number of Topliss-reactive ketones (excluding diaryl/α,β-unsaturated/α-hetero) is 1. The summed E-state index contributed by atoms with van der Waals surface area (Å²) in [5, 5.41) is 19.0. The molecule has 2 unspecified atom stereocenters. The zero-order chi connectivity index (χ0) is 40.5. The summed E-state index contributed by atoms with van der Waals surface area (Å²) in [4.78, 5) is 57.1. The number of hydrogen-bond donors (Lipinski definition) is 3. The van der Waals surface area contributed by atoms with Gasteiger partial charge in [-0.2, -0.15) is 4.80 Å². The summed E-state index contributed by atoms with van der Waals surface area (Å²) in [5.74, 6) is -3.70. The minimum atomic E-state index is -4.27. The Labute approximate surface area is 326 Å². The van der Waals surface area contributed by atoms with E-state index in [1.165, 1.54) is 36.2 Å². The number of halogens is 1. The molecule has 0 aliphatic heterocycles. The number of carbonyl (C=O) groups excluding carboxylic acids is 4.